The number of aliphatic hydroxyl groups excluding tert-OH is 1. The highest BCUT2D eigenvalue weighted by atomic mass is 32.3. The first-order chi connectivity index (χ1) is 10.5. The first kappa shape index (κ1) is 15.6. The molecule has 0 aromatic heterocycles. The number of hydrogen-bond acceptors (Lipinski definition) is 6. The number of aliphatic hydroxyl groups is 1. The average molecular weight is 326 g/mol. The van der Waals surface area contributed by atoms with Crippen molar-refractivity contribution in [2.75, 3.05) is 10.8 Å². The molecule has 2 unspecified atom stereocenters. The molecule has 1 aliphatic carbocycles. The van der Waals surface area contributed by atoms with Crippen LogP contribution >= 0.6 is 11.0 Å². The van der Waals surface area contributed by atoms with E-state index >= 15 is 0 Å². The number of hydrogen-bond donors (Lipinski definition) is 5. The lowest BCUT2D eigenvalue weighted by atomic mass is 9.88. The molecule has 3 rings (SSSR count). The van der Waals surface area contributed by atoms with Crippen molar-refractivity contribution in [2.45, 2.75) is 31.9 Å². The second-order valence-corrected chi connectivity index (χ2v) is 7.61. The summed E-state index contributed by atoms with van der Waals surface area (Å²) < 4.78 is 23.3. The number of anilines is 1. The van der Waals surface area contributed by atoms with E-state index in [0.29, 0.717) is 11.6 Å². The molecule has 1 aromatic carbocycles. The predicted octanol–water partition coefficient (Wildman–Crippen LogP) is 2.60. The van der Waals surface area contributed by atoms with Crippen molar-refractivity contribution in [3.05, 3.63) is 35.9 Å². The predicted molar refractivity (Wildman–Crippen MR) is 87.6 cm³/mol. The summed E-state index contributed by atoms with van der Waals surface area (Å²) in [4.78, 5) is 0. The third kappa shape index (κ3) is 3.23. The van der Waals surface area contributed by atoms with Crippen molar-refractivity contribution >= 4 is 16.6 Å². The summed E-state index contributed by atoms with van der Waals surface area (Å²) in [6.45, 7) is 0.0165. The second kappa shape index (κ2) is 6.10. The summed E-state index contributed by atoms with van der Waals surface area (Å²) >= 11 is 0. The standard InChI is InChI=1S/C15H22N2O4S/c18-14-9-12(8-11-4-2-1-3-5-11)6-7-13(14)17-10-15(19)16-22(17,20)21/h1-2,6-7,9,11,15-16,18-21H,3-5,8,10H2. The first-order valence-electron chi connectivity index (χ1n) is 7.44. The number of rotatable bonds is 3. The van der Waals surface area contributed by atoms with Gasteiger partial charge in [0.2, 0.25) is 0 Å². The van der Waals surface area contributed by atoms with Crippen molar-refractivity contribution in [3.63, 3.8) is 0 Å². The Morgan fingerprint density at radius 1 is 1.27 bits per heavy atom. The van der Waals surface area contributed by atoms with Gasteiger partial charge in [-0.15, -0.1) is 0 Å². The molecule has 0 amide bonds. The zero-order valence-corrected chi connectivity index (χ0v) is 13.0. The molecule has 6 nitrogen and oxygen atoms in total. The zero-order valence-electron chi connectivity index (χ0n) is 12.2. The normalized spacial score (nSPS) is 28.8. The molecular weight excluding hydrogens is 304 g/mol. The van der Waals surface area contributed by atoms with Gasteiger partial charge in [0.25, 0.3) is 0 Å². The van der Waals surface area contributed by atoms with Gasteiger partial charge < -0.3 is 10.2 Å². The third-order valence-corrected chi connectivity index (χ3v) is 5.70. The number of allylic oxidation sites excluding steroid dienone is 2. The summed E-state index contributed by atoms with van der Waals surface area (Å²) in [6, 6.07) is 5.25. The number of nitrogens with one attached hydrogen (secondary N) is 1. The van der Waals surface area contributed by atoms with Gasteiger partial charge in [0.1, 0.15) is 17.7 Å². The van der Waals surface area contributed by atoms with Crippen molar-refractivity contribution in [3.8, 4) is 5.75 Å². The quantitative estimate of drug-likeness (QED) is 0.548. The highest BCUT2D eigenvalue weighted by Gasteiger charge is 2.36. The SMILES string of the molecule is Oc1cc(CC2CC=CCC2)ccc1N1CC(O)NS1(O)O. The van der Waals surface area contributed by atoms with Crippen molar-refractivity contribution in [1.29, 1.82) is 0 Å². The fraction of sp³-hybridized carbons (Fsp3) is 0.467. The maximum atomic E-state index is 10.2. The lowest BCUT2D eigenvalue weighted by Crippen LogP contribution is -2.25. The van der Waals surface area contributed by atoms with Gasteiger partial charge in [-0.3, -0.25) is 13.4 Å². The minimum absolute atomic E-state index is 0.000253. The summed E-state index contributed by atoms with van der Waals surface area (Å²) in [6.07, 6.45) is 7.59. The number of benzene rings is 1. The van der Waals surface area contributed by atoms with Crippen molar-refractivity contribution in [2.24, 2.45) is 5.92 Å². The molecule has 1 heterocycles. The molecule has 7 heteroatoms. The summed E-state index contributed by atoms with van der Waals surface area (Å²) in [5, 5.41) is 19.7. The van der Waals surface area contributed by atoms with Crippen LogP contribution in [0.2, 0.25) is 0 Å². The lowest BCUT2D eigenvalue weighted by Gasteiger charge is -2.36. The van der Waals surface area contributed by atoms with Gasteiger partial charge in [-0.2, -0.15) is 4.72 Å². The summed E-state index contributed by atoms with van der Waals surface area (Å²) in [5.41, 5.74) is 1.35. The van der Waals surface area contributed by atoms with Crippen LogP contribution in [-0.2, 0) is 6.42 Å². The van der Waals surface area contributed by atoms with E-state index in [2.05, 4.69) is 16.9 Å². The molecule has 22 heavy (non-hydrogen) atoms. The molecule has 0 radical (unpaired) electrons. The summed E-state index contributed by atoms with van der Waals surface area (Å²) in [5.74, 6) is 0.589. The van der Waals surface area contributed by atoms with E-state index < -0.39 is 17.2 Å². The van der Waals surface area contributed by atoms with Gasteiger partial charge in [-0.1, -0.05) is 29.2 Å². The van der Waals surface area contributed by atoms with Crippen LogP contribution in [0.3, 0.4) is 0 Å². The van der Waals surface area contributed by atoms with Gasteiger partial charge in [0.15, 0.2) is 0 Å². The van der Waals surface area contributed by atoms with Crippen LogP contribution in [0.15, 0.2) is 30.4 Å². The van der Waals surface area contributed by atoms with Gasteiger partial charge in [0, 0.05) is 0 Å². The van der Waals surface area contributed by atoms with Crippen LogP contribution in [0.5, 0.6) is 5.75 Å². The number of phenols is 1. The molecule has 1 fully saturated rings. The first-order valence-corrected chi connectivity index (χ1v) is 8.94. The topological polar surface area (TPSA) is 96.2 Å². The Balaban J connectivity index is 1.76. The Hall–Kier alpha value is -1.25. The summed E-state index contributed by atoms with van der Waals surface area (Å²) in [7, 11) is -3.29. The Bertz CT molecular complexity index is 579. The van der Waals surface area contributed by atoms with Gasteiger partial charge in [-0.25, -0.2) is 0 Å². The molecule has 0 spiro atoms. The molecular formula is C15H22N2O4S. The number of β-amino-alcohol motifs (C(OH)–C–C–N with tert-alkyl or cyclic N) is 1. The van der Waals surface area contributed by atoms with Crippen LogP contribution in [0.25, 0.3) is 0 Å². The average Bonchev–Trinajstić information content (AvgIpc) is 2.73. The lowest BCUT2D eigenvalue weighted by molar-refractivity contribution is 0.182. The number of aromatic hydroxyl groups is 1. The number of phenolic OH excluding ortho intramolecular Hbond substituents is 1. The second-order valence-electron chi connectivity index (χ2n) is 5.89. The zero-order chi connectivity index (χ0) is 15.7. The molecule has 5 N–H and O–H groups in total. The molecule has 122 valence electrons. The van der Waals surface area contributed by atoms with Crippen molar-refractivity contribution in [1.82, 2.24) is 4.72 Å². The molecule has 1 aromatic rings. The highest BCUT2D eigenvalue weighted by Crippen LogP contribution is 2.49. The molecule has 1 saturated heterocycles. The van der Waals surface area contributed by atoms with E-state index in [1.807, 2.05) is 6.07 Å². The maximum Gasteiger partial charge on any atom is 0.142 e. The fourth-order valence-corrected chi connectivity index (χ4v) is 4.41. The Morgan fingerprint density at radius 2 is 2.09 bits per heavy atom. The van der Waals surface area contributed by atoms with Gasteiger partial charge >= 0.3 is 0 Å². The van der Waals surface area contributed by atoms with E-state index in [0.717, 1.165) is 31.2 Å². The van der Waals surface area contributed by atoms with Gasteiger partial charge in [0.05, 0.1) is 6.54 Å². The van der Waals surface area contributed by atoms with Crippen LogP contribution in [-0.4, -0.2) is 32.1 Å². The largest absolute Gasteiger partial charge is 0.506 e. The molecule has 2 aliphatic rings. The minimum Gasteiger partial charge on any atom is -0.506 e. The van der Waals surface area contributed by atoms with Crippen molar-refractivity contribution < 1.29 is 19.3 Å². The smallest absolute Gasteiger partial charge is 0.142 e. The Morgan fingerprint density at radius 3 is 2.68 bits per heavy atom. The van der Waals surface area contributed by atoms with Crippen LogP contribution in [0.4, 0.5) is 5.69 Å². The van der Waals surface area contributed by atoms with Crippen LogP contribution in [0.1, 0.15) is 24.8 Å². The fourth-order valence-electron chi connectivity index (χ4n) is 3.06. The number of nitrogens with zero attached hydrogens (tertiary/aromatic N) is 1. The van der Waals surface area contributed by atoms with E-state index in [9.17, 15) is 19.3 Å². The maximum absolute atomic E-state index is 10.2. The monoisotopic (exact) mass is 326 g/mol. The van der Waals surface area contributed by atoms with E-state index in [1.165, 1.54) is 4.31 Å². The highest BCUT2D eigenvalue weighted by molar-refractivity contribution is 8.24. The Kier molecular flexibility index (Phi) is 4.33. The van der Waals surface area contributed by atoms with E-state index in [1.54, 1.807) is 12.1 Å². The van der Waals surface area contributed by atoms with Crippen LogP contribution in [0, 0.1) is 5.92 Å². The minimum atomic E-state index is -3.29. The van der Waals surface area contributed by atoms with E-state index in [-0.39, 0.29) is 12.3 Å². The molecule has 0 saturated carbocycles. The van der Waals surface area contributed by atoms with Gasteiger partial charge in [-0.05, 0) is 49.3 Å². The van der Waals surface area contributed by atoms with Crippen LogP contribution < -0.4 is 9.03 Å². The third-order valence-electron chi connectivity index (χ3n) is 4.15. The molecule has 0 bridgehead atoms. The Labute approximate surface area is 131 Å². The van der Waals surface area contributed by atoms with E-state index in [4.69, 9.17) is 0 Å². The molecule has 1 aliphatic heterocycles. The molecule has 2 atom stereocenters.